The summed E-state index contributed by atoms with van der Waals surface area (Å²) < 4.78 is 11.3. The molecule has 1 N–H and O–H groups in total. The van der Waals surface area contributed by atoms with Crippen LogP contribution >= 0.6 is 11.6 Å². The molecule has 1 aliphatic carbocycles. The predicted octanol–water partition coefficient (Wildman–Crippen LogP) is 6.59. The number of amides is 1. The molecule has 0 atom stereocenters. The largest absolute Gasteiger partial charge is 0.497 e. The van der Waals surface area contributed by atoms with E-state index in [1.807, 2.05) is 48.5 Å². The van der Waals surface area contributed by atoms with Crippen molar-refractivity contribution in [2.45, 2.75) is 31.1 Å². The number of halogens is 1. The Morgan fingerprint density at radius 2 is 1.67 bits per heavy atom. The Hall–Kier alpha value is -2.98. The Morgan fingerprint density at radius 3 is 2.40 bits per heavy atom. The van der Waals surface area contributed by atoms with Crippen molar-refractivity contribution in [2.75, 3.05) is 12.4 Å². The summed E-state index contributed by atoms with van der Waals surface area (Å²) in [5.74, 6) is 1.82. The maximum Gasteiger partial charge on any atom is 0.235 e. The van der Waals surface area contributed by atoms with E-state index in [2.05, 4.69) is 5.32 Å². The number of methoxy groups -OCH3 is 1. The van der Waals surface area contributed by atoms with Crippen LogP contribution in [0, 0.1) is 0 Å². The summed E-state index contributed by atoms with van der Waals surface area (Å²) in [6, 6.07) is 22.6. The summed E-state index contributed by atoms with van der Waals surface area (Å²) in [5, 5.41) is 3.63. The Morgan fingerprint density at radius 1 is 0.933 bits per heavy atom. The van der Waals surface area contributed by atoms with Crippen molar-refractivity contribution in [1.82, 2.24) is 0 Å². The van der Waals surface area contributed by atoms with Gasteiger partial charge in [-0.05, 0) is 48.7 Å². The van der Waals surface area contributed by atoms with Gasteiger partial charge in [-0.15, -0.1) is 0 Å². The maximum atomic E-state index is 13.5. The van der Waals surface area contributed by atoms with E-state index >= 15 is 0 Å². The lowest BCUT2D eigenvalue weighted by Gasteiger charge is -2.28. The number of nitrogens with one attached hydrogen (secondary N) is 1. The molecule has 0 radical (unpaired) electrons. The Kier molecular flexibility index (Phi) is 5.96. The molecule has 5 heteroatoms. The molecule has 3 aromatic rings. The highest BCUT2D eigenvalue weighted by Crippen LogP contribution is 2.43. The number of rotatable bonds is 6. The summed E-state index contributed by atoms with van der Waals surface area (Å²) in [6.07, 6.45) is 3.72. The highest BCUT2D eigenvalue weighted by atomic mass is 35.5. The van der Waals surface area contributed by atoms with E-state index < -0.39 is 5.41 Å². The van der Waals surface area contributed by atoms with Gasteiger partial charge in [0.15, 0.2) is 5.75 Å². The summed E-state index contributed by atoms with van der Waals surface area (Å²) >= 11 is 6.24. The zero-order valence-electron chi connectivity index (χ0n) is 16.9. The van der Waals surface area contributed by atoms with E-state index in [0.29, 0.717) is 28.0 Å². The number of hydrogen-bond donors (Lipinski definition) is 1. The van der Waals surface area contributed by atoms with Crippen molar-refractivity contribution >= 4 is 23.2 Å². The van der Waals surface area contributed by atoms with Gasteiger partial charge in [0.1, 0.15) is 11.5 Å². The van der Waals surface area contributed by atoms with Crippen molar-refractivity contribution in [3.63, 3.8) is 0 Å². The van der Waals surface area contributed by atoms with Gasteiger partial charge in [-0.25, -0.2) is 0 Å². The molecular formula is C25H24ClNO3. The molecule has 4 nitrogen and oxygen atoms in total. The van der Waals surface area contributed by atoms with Gasteiger partial charge in [0.25, 0.3) is 0 Å². The lowest BCUT2D eigenvalue weighted by molar-refractivity contribution is -0.121. The van der Waals surface area contributed by atoms with Crippen LogP contribution in [-0.2, 0) is 10.2 Å². The fraction of sp³-hybridized carbons (Fsp3) is 0.240. The van der Waals surface area contributed by atoms with Gasteiger partial charge >= 0.3 is 0 Å². The average Bonchev–Trinajstić information content (AvgIpc) is 3.28. The van der Waals surface area contributed by atoms with Crippen LogP contribution in [0.5, 0.6) is 17.2 Å². The average molecular weight is 422 g/mol. The smallest absolute Gasteiger partial charge is 0.235 e. The van der Waals surface area contributed by atoms with Crippen LogP contribution in [0.4, 0.5) is 5.69 Å². The third-order valence-corrected chi connectivity index (χ3v) is 5.91. The van der Waals surface area contributed by atoms with Crippen molar-refractivity contribution in [2.24, 2.45) is 0 Å². The molecule has 0 saturated heterocycles. The Labute approximate surface area is 181 Å². The van der Waals surface area contributed by atoms with E-state index in [0.717, 1.165) is 31.2 Å². The van der Waals surface area contributed by atoms with Crippen LogP contribution < -0.4 is 14.8 Å². The van der Waals surface area contributed by atoms with Gasteiger partial charge < -0.3 is 14.8 Å². The Balaban J connectivity index is 1.63. The lowest BCUT2D eigenvalue weighted by Crippen LogP contribution is -2.38. The standard InChI is InChI=1S/C25H24ClNO3/c1-29-20-10-7-11-21(17-20)30-23-13-12-19(26)16-22(23)27-24(28)25(14-5-6-15-25)18-8-3-2-4-9-18/h2-4,7-13,16-17H,5-6,14-15H2,1H3,(H,27,28). The first-order valence-corrected chi connectivity index (χ1v) is 10.5. The minimum absolute atomic E-state index is 0.0241. The molecule has 1 saturated carbocycles. The highest BCUT2D eigenvalue weighted by Gasteiger charge is 2.42. The molecule has 4 rings (SSSR count). The summed E-state index contributed by atoms with van der Waals surface area (Å²) in [6.45, 7) is 0. The van der Waals surface area contributed by atoms with Crippen LogP contribution in [0.15, 0.2) is 72.8 Å². The van der Waals surface area contributed by atoms with Crippen molar-refractivity contribution in [3.8, 4) is 17.2 Å². The molecule has 3 aromatic carbocycles. The zero-order chi connectivity index (χ0) is 21.0. The van der Waals surface area contributed by atoms with Gasteiger partial charge in [0, 0.05) is 11.1 Å². The number of carbonyl (C=O) groups excluding carboxylic acids is 1. The molecule has 1 amide bonds. The molecule has 0 bridgehead atoms. The molecule has 0 aliphatic heterocycles. The number of anilines is 1. The van der Waals surface area contributed by atoms with Crippen molar-refractivity contribution < 1.29 is 14.3 Å². The van der Waals surface area contributed by atoms with Gasteiger partial charge in [0.2, 0.25) is 5.91 Å². The molecule has 0 heterocycles. The quantitative estimate of drug-likeness (QED) is 0.488. The van der Waals surface area contributed by atoms with E-state index in [1.165, 1.54) is 0 Å². The minimum Gasteiger partial charge on any atom is -0.497 e. The third kappa shape index (κ3) is 4.14. The highest BCUT2D eigenvalue weighted by molar-refractivity contribution is 6.31. The van der Waals surface area contributed by atoms with Gasteiger partial charge in [-0.2, -0.15) is 0 Å². The fourth-order valence-corrected chi connectivity index (χ4v) is 4.28. The van der Waals surface area contributed by atoms with E-state index in [9.17, 15) is 4.79 Å². The van der Waals surface area contributed by atoms with Gasteiger partial charge in [-0.3, -0.25) is 4.79 Å². The first-order chi connectivity index (χ1) is 14.6. The molecule has 154 valence electrons. The van der Waals surface area contributed by atoms with Crippen LogP contribution in [0.25, 0.3) is 0 Å². The van der Waals surface area contributed by atoms with E-state index in [4.69, 9.17) is 21.1 Å². The van der Waals surface area contributed by atoms with Crippen molar-refractivity contribution in [3.05, 3.63) is 83.4 Å². The van der Waals surface area contributed by atoms with Gasteiger partial charge in [-0.1, -0.05) is 60.8 Å². The second-order valence-corrected chi connectivity index (χ2v) is 7.97. The van der Waals surface area contributed by atoms with E-state index in [-0.39, 0.29) is 5.91 Å². The van der Waals surface area contributed by atoms with Crippen LogP contribution in [-0.4, -0.2) is 13.0 Å². The summed E-state index contributed by atoms with van der Waals surface area (Å²) in [5.41, 5.74) is 1.08. The molecule has 1 fully saturated rings. The fourth-order valence-electron chi connectivity index (χ4n) is 4.11. The normalized spacial score (nSPS) is 14.9. The van der Waals surface area contributed by atoms with Crippen molar-refractivity contribution in [1.29, 1.82) is 0 Å². The molecule has 0 unspecified atom stereocenters. The molecular weight excluding hydrogens is 398 g/mol. The van der Waals surface area contributed by atoms with Crippen LogP contribution in [0.2, 0.25) is 5.02 Å². The van der Waals surface area contributed by atoms with Crippen LogP contribution in [0.1, 0.15) is 31.2 Å². The first kappa shape index (κ1) is 20.3. The first-order valence-electron chi connectivity index (χ1n) is 10.1. The van der Waals surface area contributed by atoms with E-state index in [1.54, 1.807) is 31.4 Å². The number of carbonyl (C=O) groups is 1. The zero-order valence-corrected chi connectivity index (χ0v) is 17.6. The Bertz CT molecular complexity index is 1030. The van der Waals surface area contributed by atoms with Crippen LogP contribution in [0.3, 0.4) is 0 Å². The number of benzene rings is 3. The third-order valence-electron chi connectivity index (χ3n) is 5.68. The lowest BCUT2D eigenvalue weighted by atomic mass is 9.78. The number of ether oxygens (including phenoxy) is 2. The van der Waals surface area contributed by atoms with Gasteiger partial charge in [0.05, 0.1) is 18.2 Å². The monoisotopic (exact) mass is 421 g/mol. The second-order valence-electron chi connectivity index (χ2n) is 7.53. The minimum atomic E-state index is -0.531. The molecule has 0 spiro atoms. The summed E-state index contributed by atoms with van der Waals surface area (Å²) in [7, 11) is 1.61. The topological polar surface area (TPSA) is 47.6 Å². The SMILES string of the molecule is COc1cccc(Oc2ccc(Cl)cc2NC(=O)C2(c3ccccc3)CCCC2)c1. The molecule has 0 aromatic heterocycles. The molecule has 30 heavy (non-hydrogen) atoms. The predicted molar refractivity (Wildman–Crippen MR) is 120 cm³/mol. The second kappa shape index (κ2) is 8.80. The summed E-state index contributed by atoms with van der Waals surface area (Å²) in [4.78, 5) is 13.5. The number of hydrogen-bond acceptors (Lipinski definition) is 3. The molecule has 1 aliphatic rings. The maximum absolute atomic E-state index is 13.5.